The van der Waals surface area contributed by atoms with Crippen molar-refractivity contribution >= 4 is 11.8 Å². The second-order valence-corrected chi connectivity index (χ2v) is 5.61. The molecule has 1 saturated heterocycles. The minimum Gasteiger partial charge on any atom is -0.478 e. The lowest BCUT2D eigenvalue weighted by Crippen LogP contribution is -2.49. The number of aromatic carboxylic acids is 1. The van der Waals surface area contributed by atoms with Gasteiger partial charge in [-0.15, -0.1) is 0 Å². The smallest absolute Gasteiger partial charge is 0.339 e. The van der Waals surface area contributed by atoms with E-state index in [0.29, 0.717) is 31.1 Å². The number of hydrogen-bond donors (Lipinski definition) is 1. The average molecular weight is 264 g/mol. The third kappa shape index (κ3) is 2.87. The van der Waals surface area contributed by atoms with Gasteiger partial charge in [0, 0.05) is 18.8 Å². The number of aromatic nitrogens is 1. The van der Waals surface area contributed by atoms with Gasteiger partial charge < -0.3 is 14.7 Å². The van der Waals surface area contributed by atoms with Crippen LogP contribution in [0, 0.1) is 13.8 Å². The molecule has 1 aliphatic heterocycles. The molecule has 2 rings (SSSR count). The monoisotopic (exact) mass is 264 g/mol. The summed E-state index contributed by atoms with van der Waals surface area (Å²) >= 11 is 0. The quantitative estimate of drug-likeness (QED) is 0.885. The number of carbonyl (C=O) groups is 1. The molecule has 2 heterocycles. The highest BCUT2D eigenvalue weighted by molar-refractivity contribution is 5.95. The van der Waals surface area contributed by atoms with E-state index < -0.39 is 5.97 Å². The Morgan fingerprint density at radius 1 is 1.47 bits per heavy atom. The zero-order chi connectivity index (χ0) is 14.2. The summed E-state index contributed by atoms with van der Waals surface area (Å²) in [5, 5.41) is 9.40. The number of pyridine rings is 1. The van der Waals surface area contributed by atoms with Crippen molar-refractivity contribution in [3.8, 4) is 0 Å². The Labute approximate surface area is 113 Å². The molecular weight excluding hydrogens is 244 g/mol. The highest BCUT2D eigenvalue weighted by atomic mass is 16.5. The number of aryl methyl sites for hydroxylation is 2. The lowest BCUT2D eigenvalue weighted by molar-refractivity contribution is -0.0280. The summed E-state index contributed by atoms with van der Waals surface area (Å²) in [5.41, 5.74) is 1.59. The Kier molecular flexibility index (Phi) is 3.49. The Balaban J connectivity index is 2.46. The van der Waals surface area contributed by atoms with Crippen LogP contribution in [-0.2, 0) is 4.74 Å². The van der Waals surface area contributed by atoms with Crippen LogP contribution >= 0.6 is 0 Å². The number of ether oxygens (including phenoxy) is 1. The van der Waals surface area contributed by atoms with Gasteiger partial charge in [-0.3, -0.25) is 0 Å². The minimum atomic E-state index is -0.927. The molecular formula is C14H20N2O3. The van der Waals surface area contributed by atoms with Gasteiger partial charge in [0.25, 0.3) is 0 Å². The molecule has 1 fully saturated rings. The number of anilines is 1. The van der Waals surface area contributed by atoms with E-state index in [4.69, 9.17) is 4.74 Å². The molecule has 5 heteroatoms. The van der Waals surface area contributed by atoms with Crippen LogP contribution in [0.1, 0.15) is 35.5 Å². The zero-order valence-corrected chi connectivity index (χ0v) is 11.9. The van der Waals surface area contributed by atoms with Gasteiger partial charge >= 0.3 is 5.97 Å². The molecule has 1 aromatic rings. The third-order valence-corrected chi connectivity index (χ3v) is 3.26. The van der Waals surface area contributed by atoms with E-state index in [9.17, 15) is 9.90 Å². The van der Waals surface area contributed by atoms with E-state index >= 15 is 0 Å². The molecule has 0 spiro atoms. The van der Waals surface area contributed by atoms with Gasteiger partial charge in [0.05, 0.1) is 12.2 Å². The second-order valence-electron chi connectivity index (χ2n) is 5.61. The Bertz CT molecular complexity index is 512. The highest BCUT2D eigenvalue weighted by Gasteiger charge is 2.30. The molecule has 0 radical (unpaired) electrons. The molecule has 0 atom stereocenters. The molecule has 1 N–H and O–H groups in total. The van der Waals surface area contributed by atoms with Crippen LogP contribution in [0.3, 0.4) is 0 Å². The van der Waals surface area contributed by atoms with Gasteiger partial charge in [0.2, 0.25) is 0 Å². The van der Waals surface area contributed by atoms with Gasteiger partial charge in [-0.2, -0.15) is 0 Å². The van der Waals surface area contributed by atoms with E-state index in [0.717, 1.165) is 11.3 Å². The number of morpholine rings is 1. The molecule has 0 aromatic carbocycles. The summed E-state index contributed by atoms with van der Waals surface area (Å²) in [6, 6.07) is 1.80. The Morgan fingerprint density at radius 3 is 2.74 bits per heavy atom. The Hall–Kier alpha value is -1.62. The van der Waals surface area contributed by atoms with E-state index in [-0.39, 0.29) is 5.60 Å². The fourth-order valence-electron chi connectivity index (χ4n) is 2.51. The van der Waals surface area contributed by atoms with Crippen molar-refractivity contribution in [3.05, 3.63) is 22.9 Å². The molecule has 0 aliphatic carbocycles. The number of hydrogen-bond acceptors (Lipinski definition) is 4. The first kappa shape index (κ1) is 13.8. The number of rotatable bonds is 2. The standard InChI is InChI=1S/C14H20N2O3/c1-9-7-10(2)15-12(11(9)13(17)18)16-5-6-19-14(3,4)8-16/h7H,5-6,8H2,1-4H3,(H,17,18). The minimum absolute atomic E-state index is 0.284. The fraction of sp³-hybridized carbons (Fsp3) is 0.571. The van der Waals surface area contributed by atoms with Crippen molar-refractivity contribution in [1.29, 1.82) is 0 Å². The first-order chi connectivity index (χ1) is 8.80. The van der Waals surface area contributed by atoms with Crippen LogP contribution < -0.4 is 4.90 Å². The summed E-state index contributed by atoms with van der Waals surface area (Å²) in [4.78, 5) is 17.9. The first-order valence-electron chi connectivity index (χ1n) is 6.40. The lowest BCUT2D eigenvalue weighted by atomic mass is 10.0. The van der Waals surface area contributed by atoms with Gasteiger partial charge in [-0.25, -0.2) is 9.78 Å². The highest BCUT2D eigenvalue weighted by Crippen LogP contribution is 2.27. The predicted octanol–water partition coefficient (Wildman–Crippen LogP) is 2.01. The summed E-state index contributed by atoms with van der Waals surface area (Å²) in [5.74, 6) is -0.370. The van der Waals surface area contributed by atoms with E-state index in [1.165, 1.54) is 0 Å². The number of nitrogens with zero attached hydrogens (tertiary/aromatic N) is 2. The molecule has 0 amide bonds. The fourth-order valence-corrected chi connectivity index (χ4v) is 2.51. The summed E-state index contributed by atoms with van der Waals surface area (Å²) in [6.45, 7) is 9.59. The van der Waals surface area contributed by atoms with Gasteiger partial charge in [-0.1, -0.05) is 0 Å². The Morgan fingerprint density at radius 2 is 2.16 bits per heavy atom. The van der Waals surface area contributed by atoms with Crippen molar-refractivity contribution < 1.29 is 14.6 Å². The third-order valence-electron chi connectivity index (χ3n) is 3.26. The van der Waals surface area contributed by atoms with Gasteiger partial charge in [-0.05, 0) is 39.3 Å². The maximum absolute atomic E-state index is 11.5. The van der Waals surface area contributed by atoms with Gasteiger partial charge in [0.15, 0.2) is 0 Å². The lowest BCUT2D eigenvalue weighted by Gasteiger charge is -2.39. The van der Waals surface area contributed by atoms with Crippen molar-refractivity contribution in [2.24, 2.45) is 0 Å². The second kappa shape index (κ2) is 4.81. The average Bonchev–Trinajstić information content (AvgIpc) is 2.25. The van der Waals surface area contributed by atoms with Crippen LogP contribution in [0.15, 0.2) is 6.07 Å². The maximum atomic E-state index is 11.5. The van der Waals surface area contributed by atoms with Crippen LogP contribution in [0.25, 0.3) is 0 Å². The van der Waals surface area contributed by atoms with Crippen LogP contribution in [0.5, 0.6) is 0 Å². The molecule has 0 unspecified atom stereocenters. The normalized spacial score (nSPS) is 18.4. The van der Waals surface area contributed by atoms with Crippen LogP contribution in [0.2, 0.25) is 0 Å². The maximum Gasteiger partial charge on any atom is 0.339 e. The van der Waals surface area contributed by atoms with Crippen LogP contribution in [-0.4, -0.2) is 41.4 Å². The van der Waals surface area contributed by atoms with Crippen molar-refractivity contribution in [1.82, 2.24) is 4.98 Å². The number of carboxylic acid groups (broad SMARTS) is 1. The van der Waals surface area contributed by atoms with Crippen molar-refractivity contribution in [2.45, 2.75) is 33.3 Å². The summed E-state index contributed by atoms with van der Waals surface area (Å²) in [7, 11) is 0. The van der Waals surface area contributed by atoms with Gasteiger partial charge in [0.1, 0.15) is 11.4 Å². The summed E-state index contributed by atoms with van der Waals surface area (Å²) in [6.07, 6.45) is 0. The molecule has 5 nitrogen and oxygen atoms in total. The molecule has 19 heavy (non-hydrogen) atoms. The zero-order valence-electron chi connectivity index (χ0n) is 11.9. The topological polar surface area (TPSA) is 62.7 Å². The molecule has 104 valence electrons. The van der Waals surface area contributed by atoms with E-state index in [1.807, 2.05) is 32.6 Å². The van der Waals surface area contributed by atoms with E-state index in [1.54, 1.807) is 6.07 Å². The number of carboxylic acids is 1. The van der Waals surface area contributed by atoms with E-state index in [2.05, 4.69) is 4.98 Å². The first-order valence-corrected chi connectivity index (χ1v) is 6.40. The van der Waals surface area contributed by atoms with Crippen molar-refractivity contribution in [2.75, 3.05) is 24.6 Å². The molecule has 1 aliphatic rings. The molecule has 0 bridgehead atoms. The largest absolute Gasteiger partial charge is 0.478 e. The molecule has 1 aromatic heterocycles. The SMILES string of the molecule is Cc1cc(C)c(C(=O)O)c(N2CCOC(C)(C)C2)n1. The van der Waals surface area contributed by atoms with Crippen molar-refractivity contribution in [3.63, 3.8) is 0 Å². The van der Waals surface area contributed by atoms with Crippen LogP contribution in [0.4, 0.5) is 5.82 Å². The molecule has 0 saturated carbocycles. The predicted molar refractivity (Wildman–Crippen MR) is 72.9 cm³/mol. The summed E-state index contributed by atoms with van der Waals surface area (Å²) < 4.78 is 5.66.